The molecule has 4 aromatic rings. The molecular formula is C23H18N4S. The summed E-state index contributed by atoms with van der Waals surface area (Å²) in [5.41, 5.74) is 5.05. The molecule has 0 spiro atoms. The second-order valence-corrected chi connectivity index (χ2v) is 7.78. The number of rotatable bonds is 2. The Balaban J connectivity index is 1.63. The highest BCUT2D eigenvalue weighted by Crippen LogP contribution is 2.46. The number of nitrogens with zero attached hydrogens (tertiary/aromatic N) is 3. The summed E-state index contributed by atoms with van der Waals surface area (Å²) in [4.78, 5) is 13.1. The molecule has 0 amide bonds. The van der Waals surface area contributed by atoms with Gasteiger partial charge in [0.25, 0.3) is 0 Å². The highest BCUT2D eigenvalue weighted by atomic mass is 32.1. The van der Waals surface area contributed by atoms with Crippen LogP contribution in [0.5, 0.6) is 0 Å². The quantitative estimate of drug-likeness (QED) is 0.459. The van der Waals surface area contributed by atoms with Gasteiger partial charge in [0.1, 0.15) is 5.82 Å². The van der Waals surface area contributed by atoms with Gasteiger partial charge in [-0.25, -0.2) is 0 Å². The van der Waals surface area contributed by atoms with Gasteiger partial charge < -0.3 is 5.32 Å². The van der Waals surface area contributed by atoms with Crippen molar-refractivity contribution in [1.29, 1.82) is 0 Å². The lowest BCUT2D eigenvalue weighted by Gasteiger charge is -2.33. The third-order valence-electron chi connectivity index (χ3n) is 4.97. The van der Waals surface area contributed by atoms with Crippen LogP contribution in [0.15, 0.2) is 80.0 Å². The molecule has 1 N–H and O–H groups in total. The van der Waals surface area contributed by atoms with Crippen molar-refractivity contribution in [2.45, 2.75) is 6.92 Å². The summed E-state index contributed by atoms with van der Waals surface area (Å²) in [5.74, 6) is 0.767. The zero-order chi connectivity index (χ0) is 19.3. The third-order valence-corrected chi connectivity index (χ3v) is 6.19. The number of benzene rings is 1. The van der Waals surface area contributed by atoms with E-state index in [1.807, 2.05) is 48.6 Å². The molecule has 4 nitrogen and oxygen atoms in total. The fourth-order valence-corrected chi connectivity index (χ4v) is 4.77. The van der Waals surface area contributed by atoms with Crippen LogP contribution in [-0.2, 0) is 0 Å². The first kappa shape index (κ1) is 16.7. The van der Waals surface area contributed by atoms with E-state index in [1.54, 1.807) is 11.3 Å². The molecule has 0 atom stereocenters. The zero-order valence-electron chi connectivity index (χ0n) is 15.4. The van der Waals surface area contributed by atoms with E-state index in [0.29, 0.717) is 0 Å². The highest BCUT2D eigenvalue weighted by Gasteiger charge is 2.28. The van der Waals surface area contributed by atoms with E-state index in [1.165, 1.54) is 0 Å². The van der Waals surface area contributed by atoms with Crippen molar-refractivity contribution in [2.24, 2.45) is 0 Å². The van der Waals surface area contributed by atoms with E-state index in [9.17, 15) is 0 Å². The Morgan fingerprint density at radius 1 is 1.07 bits per heavy atom. The van der Waals surface area contributed by atoms with Crippen LogP contribution >= 0.6 is 11.3 Å². The van der Waals surface area contributed by atoms with Gasteiger partial charge in [-0.1, -0.05) is 43.5 Å². The molecular weight excluding hydrogens is 364 g/mol. The summed E-state index contributed by atoms with van der Waals surface area (Å²) in [6, 6.07) is 14.4. The molecule has 0 unspecified atom stereocenters. The molecule has 136 valence electrons. The Morgan fingerprint density at radius 3 is 2.79 bits per heavy atom. The molecule has 3 aromatic heterocycles. The summed E-state index contributed by atoms with van der Waals surface area (Å²) in [6.07, 6.45) is 5.56. The summed E-state index contributed by atoms with van der Waals surface area (Å²) in [6.45, 7) is 10.7. The van der Waals surface area contributed by atoms with Crippen LogP contribution in [0.1, 0.15) is 10.6 Å². The fourth-order valence-electron chi connectivity index (χ4n) is 3.62. The second kappa shape index (κ2) is 6.32. The van der Waals surface area contributed by atoms with Crippen LogP contribution in [-0.4, -0.2) is 9.97 Å². The Bertz CT molecular complexity index is 1250. The minimum Gasteiger partial charge on any atom is -0.341 e. The second-order valence-electron chi connectivity index (χ2n) is 6.72. The average molecular weight is 382 g/mol. The number of pyridine rings is 2. The Labute approximate surface area is 167 Å². The number of thiophene rings is 1. The average Bonchev–Trinajstić information content (AvgIpc) is 3.12. The van der Waals surface area contributed by atoms with Gasteiger partial charge >= 0.3 is 0 Å². The predicted molar refractivity (Wildman–Crippen MR) is 118 cm³/mol. The zero-order valence-corrected chi connectivity index (χ0v) is 16.3. The molecule has 0 fully saturated rings. The normalized spacial score (nSPS) is 13.5. The first-order valence-corrected chi connectivity index (χ1v) is 9.79. The molecule has 28 heavy (non-hydrogen) atoms. The molecule has 0 saturated heterocycles. The highest BCUT2D eigenvalue weighted by molar-refractivity contribution is 7.17. The molecule has 5 heteroatoms. The van der Waals surface area contributed by atoms with Gasteiger partial charge in [0, 0.05) is 39.3 Å². The van der Waals surface area contributed by atoms with Crippen LogP contribution < -0.4 is 10.2 Å². The number of aryl methyl sites for hydroxylation is 1. The summed E-state index contributed by atoms with van der Waals surface area (Å²) in [5, 5.41) is 5.65. The van der Waals surface area contributed by atoms with E-state index in [-0.39, 0.29) is 0 Å². The molecule has 1 aliphatic heterocycles. The van der Waals surface area contributed by atoms with Gasteiger partial charge in [-0.05, 0) is 19.1 Å². The van der Waals surface area contributed by atoms with Crippen LogP contribution in [0.4, 0.5) is 11.4 Å². The van der Waals surface area contributed by atoms with Crippen molar-refractivity contribution in [2.75, 3.05) is 10.2 Å². The molecule has 1 aliphatic rings. The molecule has 0 bridgehead atoms. The topological polar surface area (TPSA) is 41.1 Å². The lowest BCUT2D eigenvalue weighted by Crippen LogP contribution is -2.28. The first-order chi connectivity index (χ1) is 13.6. The Morgan fingerprint density at radius 2 is 1.93 bits per heavy atom. The van der Waals surface area contributed by atoms with Crippen molar-refractivity contribution in [1.82, 2.24) is 9.97 Å². The SMILES string of the molecule is C=C1Nc2cc(-c3cccnc3C)sc2C(=C)N1c1cncc2ccccc12. The number of hydrogen-bond acceptors (Lipinski definition) is 5. The van der Waals surface area contributed by atoms with E-state index in [2.05, 4.69) is 52.7 Å². The van der Waals surface area contributed by atoms with E-state index in [4.69, 9.17) is 0 Å². The van der Waals surface area contributed by atoms with Gasteiger partial charge in [-0.15, -0.1) is 11.3 Å². The van der Waals surface area contributed by atoms with Crippen LogP contribution in [0, 0.1) is 6.92 Å². The van der Waals surface area contributed by atoms with Gasteiger partial charge in [-0.2, -0.15) is 0 Å². The molecule has 0 radical (unpaired) electrons. The fraction of sp³-hybridized carbons (Fsp3) is 0.0435. The van der Waals surface area contributed by atoms with Crippen LogP contribution in [0.25, 0.3) is 26.9 Å². The van der Waals surface area contributed by atoms with E-state index < -0.39 is 0 Å². The molecule has 5 rings (SSSR count). The monoisotopic (exact) mass is 382 g/mol. The van der Waals surface area contributed by atoms with Gasteiger partial charge in [0.2, 0.25) is 0 Å². The van der Waals surface area contributed by atoms with E-state index in [0.717, 1.165) is 54.7 Å². The number of aromatic nitrogens is 2. The lowest BCUT2D eigenvalue weighted by atomic mass is 10.1. The number of hydrogen-bond donors (Lipinski definition) is 1. The van der Waals surface area contributed by atoms with Crippen molar-refractivity contribution >= 4 is 39.2 Å². The lowest BCUT2D eigenvalue weighted by molar-refractivity contribution is 1.16. The van der Waals surface area contributed by atoms with Crippen molar-refractivity contribution < 1.29 is 0 Å². The van der Waals surface area contributed by atoms with Crippen molar-refractivity contribution in [3.05, 3.63) is 90.6 Å². The molecule has 1 aromatic carbocycles. The third kappa shape index (κ3) is 2.52. The van der Waals surface area contributed by atoms with Gasteiger partial charge in [-0.3, -0.25) is 14.9 Å². The summed E-state index contributed by atoms with van der Waals surface area (Å²) in [7, 11) is 0. The Kier molecular flexibility index (Phi) is 3.77. The van der Waals surface area contributed by atoms with Gasteiger partial charge in [0.05, 0.1) is 28.1 Å². The first-order valence-electron chi connectivity index (χ1n) is 8.97. The van der Waals surface area contributed by atoms with E-state index >= 15 is 0 Å². The predicted octanol–water partition coefficient (Wildman–Crippen LogP) is 6.04. The maximum absolute atomic E-state index is 4.42. The molecule has 4 heterocycles. The number of nitrogens with one attached hydrogen (secondary N) is 1. The number of anilines is 2. The maximum atomic E-state index is 4.42. The molecule has 0 aliphatic carbocycles. The number of fused-ring (bicyclic) bond motifs is 2. The maximum Gasteiger partial charge on any atom is 0.108 e. The Hall–Kier alpha value is -3.44. The molecule has 0 saturated carbocycles. The summed E-state index contributed by atoms with van der Waals surface area (Å²) < 4.78 is 0. The van der Waals surface area contributed by atoms with Crippen molar-refractivity contribution in [3.63, 3.8) is 0 Å². The van der Waals surface area contributed by atoms with Crippen LogP contribution in [0.2, 0.25) is 0 Å². The van der Waals surface area contributed by atoms with Crippen molar-refractivity contribution in [3.8, 4) is 10.4 Å². The standard InChI is InChI=1S/C23H18N4S/c1-14-18(9-6-10-25-14)22-11-20-23(28-22)15(2)27(16(3)26-20)21-13-24-12-17-7-4-5-8-19(17)21/h4-13,26H,2-3H2,1H3. The minimum absolute atomic E-state index is 0.767. The van der Waals surface area contributed by atoms with Gasteiger partial charge in [0.15, 0.2) is 0 Å². The van der Waals surface area contributed by atoms with Crippen LogP contribution in [0.3, 0.4) is 0 Å². The largest absolute Gasteiger partial charge is 0.341 e. The minimum atomic E-state index is 0.767. The summed E-state index contributed by atoms with van der Waals surface area (Å²) >= 11 is 1.71. The smallest absolute Gasteiger partial charge is 0.108 e.